The van der Waals surface area contributed by atoms with E-state index in [2.05, 4.69) is 27.9 Å². The van der Waals surface area contributed by atoms with E-state index in [1.807, 2.05) is 37.3 Å². The molecule has 0 aromatic heterocycles. The molecule has 4 heteroatoms. The molecular formula is C12H14INO2. The van der Waals surface area contributed by atoms with Gasteiger partial charge in [0.1, 0.15) is 9.53 Å². The summed E-state index contributed by atoms with van der Waals surface area (Å²) in [6.07, 6.45) is 0. The third-order valence-corrected chi connectivity index (χ3v) is 3.87. The van der Waals surface area contributed by atoms with Crippen LogP contribution in [-0.4, -0.2) is 24.7 Å². The predicted octanol–water partition coefficient (Wildman–Crippen LogP) is 2.07. The minimum absolute atomic E-state index is 0.157. The van der Waals surface area contributed by atoms with Gasteiger partial charge in [-0.2, -0.15) is 0 Å². The Labute approximate surface area is 109 Å². The molecule has 0 amide bonds. The molecule has 1 atom stereocenters. The quantitative estimate of drug-likeness (QED) is 0.524. The largest absolute Gasteiger partial charge is 0.456 e. The van der Waals surface area contributed by atoms with Crippen LogP contribution < -0.4 is 5.32 Å². The third-order valence-electron chi connectivity index (χ3n) is 2.64. The van der Waals surface area contributed by atoms with Crippen LogP contribution in [0, 0.1) is 0 Å². The lowest BCUT2D eigenvalue weighted by Gasteiger charge is -2.38. The van der Waals surface area contributed by atoms with Crippen molar-refractivity contribution in [1.82, 2.24) is 5.32 Å². The zero-order valence-electron chi connectivity index (χ0n) is 9.07. The van der Waals surface area contributed by atoms with Gasteiger partial charge in [0.25, 0.3) is 0 Å². The van der Waals surface area contributed by atoms with E-state index in [9.17, 15) is 4.79 Å². The number of benzene rings is 1. The van der Waals surface area contributed by atoms with Crippen molar-refractivity contribution in [2.45, 2.75) is 16.4 Å². The Morgan fingerprint density at radius 2 is 2.06 bits per heavy atom. The second-order valence-corrected chi connectivity index (χ2v) is 5.49. The monoisotopic (exact) mass is 331 g/mol. The number of carbonyl (C=O) groups excluding carboxylic acids is 1. The average molecular weight is 331 g/mol. The zero-order chi connectivity index (χ0) is 11.6. The molecule has 1 aromatic rings. The second kappa shape index (κ2) is 4.71. The maximum absolute atomic E-state index is 11.9. The fourth-order valence-electron chi connectivity index (χ4n) is 1.60. The molecule has 0 aliphatic carbocycles. The summed E-state index contributed by atoms with van der Waals surface area (Å²) in [7, 11) is 0. The first-order chi connectivity index (χ1) is 7.61. The van der Waals surface area contributed by atoms with Crippen molar-refractivity contribution in [3.8, 4) is 0 Å². The van der Waals surface area contributed by atoms with Gasteiger partial charge in [0.2, 0.25) is 0 Å². The molecule has 0 bridgehead atoms. The fraction of sp³-hybridized carbons (Fsp3) is 0.417. The molecule has 1 saturated heterocycles. The highest BCUT2D eigenvalue weighted by Crippen LogP contribution is 2.27. The van der Waals surface area contributed by atoms with E-state index in [4.69, 9.17) is 4.74 Å². The van der Waals surface area contributed by atoms with Gasteiger partial charge in [0.05, 0.1) is 0 Å². The van der Waals surface area contributed by atoms with E-state index in [1.54, 1.807) is 0 Å². The van der Waals surface area contributed by atoms with Gasteiger partial charge in [-0.1, -0.05) is 52.9 Å². The molecule has 1 aromatic carbocycles. The predicted molar refractivity (Wildman–Crippen MR) is 70.6 cm³/mol. The van der Waals surface area contributed by atoms with Gasteiger partial charge in [-0.25, -0.2) is 0 Å². The van der Waals surface area contributed by atoms with E-state index in [-0.39, 0.29) is 15.5 Å². The summed E-state index contributed by atoms with van der Waals surface area (Å²) in [6.45, 7) is 3.45. The maximum Gasteiger partial charge on any atom is 0.324 e. The van der Waals surface area contributed by atoms with E-state index < -0.39 is 0 Å². The number of ether oxygens (including phenoxy) is 1. The molecule has 0 radical (unpaired) electrons. The summed E-state index contributed by atoms with van der Waals surface area (Å²) < 4.78 is 5.26. The first-order valence-corrected chi connectivity index (χ1v) is 6.48. The minimum atomic E-state index is -0.310. The molecule has 1 fully saturated rings. The lowest BCUT2D eigenvalue weighted by molar-refractivity contribution is -0.161. The lowest BCUT2D eigenvalue weighted by Crippen LogP contribution is -2.59. The van der Waals surface area contributed by atoms with Crippen molar-refractivity contribution in [1.29, 1.82) is 0 Å². The highest BCUT2D eigenvalue weighted by atomic mass is 127. The number of halogens is 1. The van der Waals surface area contributed by atoms with Crippen molar-refractivity contribution >= 4 is 28.6 Å². The highest BCUT2D eigenvalue weighted by molar-refractivity contribution is 14.1. The van der Waals surface area contributed by atoms with Crippen molar-refractivity contribution < 1.29 is 9.53 Å². The molecule has 16 heavy (non-hydrogen) atoms. The van der Waals surface area contributed by atoms with Gasteiger partial charge in [0, 0.05) is 13.1 Å². The molecule has 0 spiro atoms. The van der Waals surface area contributed by atoms with Crippen LogP contribution >= 0.6 is 22.6 Å². The zero-order valence-corrected chi connectivity index (χ0v) is 11.2. The van der Waals surface area contributed by atoms with Crippen molar-refractivity contribution in [2.24, 2.45) is 0 Å². The summed E-state index contributed by atoms with van der Waals surface area (Å²) in [4.78, 5) is 11.9. The summed E-state index contributed by atoms with van der Waals surface area (Å²) >= 11 is 2.12. The molecule has 86 valence electrons. The maximum atomic E-state index is 11.9. The number of nitrogens with one attached hydrogen (secondary N) is 1. The average Bonchev–Trinajstić information content (AvgIpc) is 2.27. The Balaban J connectivity index is 1.99. The van der Waals surface area contributed by atoms with E-state index in [0.717, 1.165) is 18.7 Å². The van der Waals surface area contributed by atoms with Crippen LogP contribution in [0.1, 0.15) is 16.4 Å². The van der Waals surface area contributed by atoms with Crippen LogP contribution in [0.4, 0.5) is 0 Å². The number of carbonyl (C=O) groups is 1. The van der Waals surface area contributed by atoms with Crippen molar-refractivity contribution in [3.05, 3.63) is 35.9 Å². The number of hydrogen-bond acceptors (Lipinski definition) is 3. The van der Waals surface area contributed by atoms with Crippen molar-refractivity contribution in [2.75, 3.05) is 13.1 Å². The van der Waals surface area contributed by atoms with Gasteiger partial charge in [0.15, 0.2) is 0 Å². The topological polar surface area (TPSA) is 38.3 Å². The first-order valence-electron chi connectivity index (χ1n) is 5.23. The SMILES string of the molecule is CC1(OC(=O)C(I)c2ccccc2)CNC1. The normalized spacial score (nSPS) is 19.6. The van der Waals surface area contributed by atoms with Gasteiger partial charge in [-0.3, -0.25) is 4.79 Å². The third kappa shape index (κ3) is 2.55. The van der Waals surface area contributed by atoms with Crippen LogP contribution in [0.2, 0.25) is 0 Å². The Bertz CT molecular complexity index is 376. The molecule has 2 rings (SSSR count). The van der Waals surface area contributed by atoms with Crippen LogP contribution in [0.25, 0.3) is 0 Å². The second-order valence-electron chi connectivity index (χ2n) is 4.25. The molecule has 1 unspecified atom stereocenters. The van der Waals surface area contributed by atoms with Crippen LogP contribution in [0.3, 0.4) is 0 Å². The number of rotatable bonds is 3. The van der Waals surface area contributed by atoms with Crippen LogP contribution in [0.15, 0.2) is 30.3 Å². The Kier molecular flexibility index (Phi) is 3.49. The molecule has 0 saturated carbocycles. The Morgan fingerprint density at radius 3 is 2.56 bits per heavy atom. The van der Waals surface area contributed by atoms with Crippen LogP contribution in [0.5, 0.6) is 0 Å². The molecule has 1 heterocycles. The summed E-state index contributed by atoms with van der Waals surface area (Å²) in [5.41, 5.74) is 0.680. The van der Waals surface area contributed by atoms with E-state index in [1.165, 1.54) is 0 Å². The molecular weight excluding hydrogens is 317 g/mol. The summed E-state index contributed by atoms with van der Waals surface area (Å²) in [5, 5.41) is 3.11. The Hall–Kier alpha value is -0.620. The molecule has 1 aliphatic heterocycles. The van der Waals surface area contributed by atoms with Gasteiger partial charge in [-0.15, -0.1) is 0 Å². The van der Waals surface area contributed by atoms with Crippen LogP contribution in [-0.2, 0) is 9.53 Å². The van der Waals surface area contributed by atoms with E-state index in [0.29, 0.717) is 0 Å². The van der Waals surface area contributed by atoms with E-state index >= 15 is 0 Å². The van der Waals surface area contributed by atoms with Gasteiger partial charge < -0.3 is 10.1 Å². The summed E-state index contributed by atoms with van der Waals surface area (Å²) in [6, 6.07) is 9.69. The number of alkyl halides is 1. The van der Waals surface area contributed by atoms with Gasteiger partial charge in [-0.05, 0) is 12.5 Å². The molecule has 3 nitrogen and oxygen atoms in total. The molecule has 1 N–H and O–H groups in total. The lowest BCUT2D eigenvalue weighted by atomic mass is 10.00. The highest BCUT2D eigenvalue weighted by Gasteiger charge is 2.37. The number of hydrogen-bond donors (Lipinski definition) is 1. The Morgan fingerprint density at radius 1 is 1.44 bits per heavy atom. The first kappa shape index (κ1) is 11.9. The van der Waals surface area contributed by atoms with Gasteiger partial charge >= 0.3 is 5.97 Å². The van der Waals surface area contributed by atoms with Crippen molar-refractivity contribution in [3.63, 3.8) is 0 Å². The standard InChI is InChI=1S/C12H14INO2/c1-12(7-14-8-12)16-11(15)10(13)9-5-3-2-4-6-9/h2-6,10,14H,7-8H2,1H3. The fourth-order valence-corrected chi connectivity index (χ4v) is 2.14. The number of esters is 1. The molecule has 1 aliphatic rings. The minimum Gasteiger partial charge on any atom is -0.456 e. The smallest absolute Gasteiger partial charge is 0.324 e. The summed E-state index contributed by atoms with van der Waals surface area (Å²) in [5.74, 6) is -0.157.